The molecule has 1 fully saturated rings. The van der Waals surface area contributed by atoms with E-state index in [0.29, 0.717) is 0 Å². The number of rotatable bonds is 4. The van der Waals surface area contributed by atoms with Crippen molar-refractivity contribution in [1.82, 2.24) is 10.5 Å². The van der Waals surface area contributed by atoms with E-state index in [1.807, 2.05) is 0 Å². The van der Waals surface area contributed by atoms with Crippen molar-refractivity contribution in [1.29, 1.82) is 0 Å². The molecule has 1 amide bonds. The van der Waals surface area contributed by atoms with Crippen molar-refractivity contribution in [2.45, 2.75) is 24.4 Å². The highest BCUT2D eigenvalue weighted by Crippen LogP contribution is 2.59. The number of halogens is 4. The number of pyridine rings is 1. The molecule has 0 aliphatic heterocycles. The van der Waals surface area contributed by atoms with E-state index in [-0.39, 0.29) is 35.6 Å². The zero-order valence-corrected chi connectivity index (χ0v) is 12.6. The second kappa shape index (κ2) is 5.99. The summed E-state index contributed by atoms with van der Waals surface area (Å²) in [4.78, 5) is 14.9. The average molecular weight is 356 g/mol. The molecule has 0 saturated heterocycles. The largest absolute Gasteiger partial charge is 0.436 e. The van der Waals surface area contributed by atoms with Gasteiger partial charge in [0.1, 0.15) is 0 Å². The highest BCUT2D eigenvalue weighted by atomic mass is 19.4. The summed E-state index contributed by atoms with van der Waals surface area (Å²) in [5.41, 5.74) is -0.626. The Bertz CT molecular complexity index is 802. The van der Waals surface area contributed by atoms with Crippen LogP contribution >= 0.6 is 0 Å². The van der Waals surface area contributed by atoms with E-state index < -0.39 is 23.3 Å². The van der Waals surface area contributed by atoms with Gasteiger partial charge >= 0.3 is 6.18 Å². The fourth-order valence-electron chi connectivity index (χ4n) is 2.49. The van der Waals surface area contributed by atoms with Crippen LogP contribution in [-0.4, -0.2) is 22.3 Å². The summed E-state index contributed by atoms with van der Waals surface area (Å²) in [7, 11) is 0. The maximum absolute atomic E-state index is 14.1. The van der Waals surface area contributed by atoms with Gasteiger partial charge in [0.05, 0.1) is 11.0 Å². The van der Waals surface area contributed by atoms with Gasteiger partial charge in [-0.15, -0.1) is 0 Å². The van der Waals surface area contributed by atoms with E-state index in [1.54, 1.807) is 0 Å². The number of ether oxygens (including phenoxy) is 1. The van der Waals surface area contributed by atoms with Gasteiger partial charge in [0, 0.05) is 12.3 Å². The first-order chi connectivity index (χ1) is 11.8. The summed E-state index contributed by atoms with van der Waals surface area (Å²) in [5.74, 6) is -2.06. The Kier molecular flexibility index (Phi) is 4.11. The molecule has 0 atom stereocenters. The zero-order chi connectivity index (χ0) is 18.2. The van der Waals surface area contributed by atoms with Crippen molar-refractivity contribution in [2.24, 2.45) is 0 Å². The molecule has 25 heavy (non-hydrogen) atoms. The maximum atomic E-state index is 14.1. The monoisotopic (exact) mass is 356 g/mol. The lowest BCUT2D eigenvalue weighted by molar-refractivity contribution is -0.160. The topological polar surface area (TPSA) is 71.5 Å². The molecule has 3 rings (SSSR count). The Hall–Kier alpha value is -2.68. The molecule has 9 heteroatoms. The van der Waals surface area contributed by atoms with Crippen molar-refractivity contribution in [3.8, 4) is 11.6 Å². The van der Waals surface area contributed by atoms with Crippen molar-refractivity contribution in [3.63, 3.8) is 0 Å². The van der Waals surface area contributed by atoms with Gasteiger partial charge in [0.2, 0.25) is 5.88 Å². The second-order valence-electron chi connectivity index (χ2n) is 5.65. The number of carbonyl (C=O) groups is 1. The van der Waals surface area contributed by atoms with Crippen molar-refractivity contribution in [2.75, 3.05) is 0 Å². The van der Waals surface area contributed by atoms with Crippen LogP contribution < -0.4 is 10.2 Å². The minimum absolute atomic E-state index is 0.0477. The first-order valence-electron chi connectivity index (χ1n) is 7.22. The fraction of sp³-hybridized carbons (Fsp3) is 0.250. The quantitative estimate of drug-likeness (QED) is 0.498. The summed E-state index contributed by atoms with van der Waals surface area (Å²) >= 11 is 0. The molecule has 2 N–H and O–H groups in total. The molecule has 0 radical (unpaired) electrons. The van der Waals surface area contributed by atoms with Crippen LogP contribution in [-0.2, 0) is 5.41 Å². The fourth-order valence-corrected chi connectivity index (χ4v) is 2.49. The molecule has 132 valence electrons. The molecular formula is C16H12F4N2O3. The normalized spacial score (nSPS) is 15.6. The van der Waals surface area contributed by atoms with Crippen LogP contribution in [0, 0.1) is 5.82 Å². The Morgan fingerprint density at radius 1 is 1.24 bits per heavy atom. The van der Waals surface area contributed by atoms with E-state index in [4.69, 9.17) is 9.94 Å². The van der Waals surface area contributed by atoms with Crippen LogP contribution in [0.5, 0.6) is 11.6 Å². The van der Waals surface area contributed by atoms with Gasteiger partial charge in [-0.3, -0.25) is 10.0 Å². The predicted octanol–water partition coefficient (Wildman–Crippen LogP) is 3.73. The third kappa shape index (κ3) is 3.14. The molecule has 1 saturated carbocycles. The lowest BCUT2D eigenvalue weighted by atomic mass is 9.95. The minimum Gasteiger partial charge on any atom is -0.436 e. The van der Waals surface area contributed by atoms with Gasteiger partial charge in [0.15, 0.2) is 11.6 Å². The summed E-state index contributed by atoms with van der Waals surface area (Å²) < 4.78 is 58.6. The molecule has 1 aliphatic carbocycles. The molecule has 0 bridgehead atoms. The van der Waals surface area contributed by atoms with E-state index in [9.17, 15) is 22.4 Å². The standard InChI is InChI=1S/C16H12F4N2O3/c17-11-7-10(15(5-6-15)16(18,19)20)2-3-12(11)25-13-4-1-9(8-21-13)14(23)22-24/h1-4,7-8,24H,5-6H2,(H,22,23). The molecule has 5 nitrogen and oxygen atoms in total. The second-order valence-corrected chi connectivity index (χ2v) is 5.65. The number of benzene rings is 1. The van der Waals surface area contributed by atoms with Gasteiger partial charge in [-0.05, 0) is 36.6 Å². The Morgan fingerprint density at radius 2 is 1.96 bits per heavy atom. The van der Waals surface area contributed by atoms with Gasteiger partial charge < -0.3 is 4.74 Å². The first kappa shape index (κ1) is 17.2. The van der Waals surface area contributed by atoms with E-state index in [0.717, 1.165) is 18.3 Å². The van der Waals surface area contributed by atoms with Crippen LogP contribution in [0.15, 0.2) is 36.5 Å². The van der Waals surface area contributed by atoms with E-state index in [2.05, 4.69) is 4.98 Å². The Balaban J connectivity index is 1.79. The first-order valence-corrected chi connectivity index (χ1v) is 7.22. The summed E-state index contributed by atoms with van der Waals surface area (Å²) in [6.07, 6.45) is -3.46. The lowest BCUT2D eigenvalue weighted by Gasteiger charge is -2.20. The summed E-state index contributed by atoms with van der Waals surface area (Å²) in [6.45, 7) is 0. The third-order valence-corrected chi connectivity index (χ3v) is 4.09. The average Bonchev–Trinajstić information content (AvgIpc) is 3.38. The highest BCUT2D eigenvalue weighted by molar-refractivity contribution is 5.92. The van der Waals surface area contributed by atoms with Crippen LogP contribution in [0.1, 0.15) is 28.8 Å². The van der Waals surface area contributed by atoms with Crippen molar-refractivity contribution >= 4 is 5.91 Å². The SMILES string of the molecule is O=C(NO)c1ccc(Oc2ccc(C3(C(F)(F)F)CC3)cc2F)nc1. The van der Waals surface area contributed by atoms with E-state index >= 15 is 0 Å². The molecular weight excluding hydrogens is 344 g/mol. The smallest absolute Gasteiger partial charge is 0.398 e. The molecule has 1 aromatic carbocycles. The van der Waals surface area contributed by atoms with Crippen LogP contribution in [0.3, 0.4) is 0 Å². The molecule has 1 heterocycles. The van der Waals surface area contributed by atoms with Crippen molar-refractivity contribution < 1.29 is 32.3 Å². The maximum Gasteiger partial charge on any atom is 0.398 e. The summed E-state index contributed by atoms with van der Waals surface area (Å²) in [5, 5.41) is 8.49. The number of alkyl halides is 3. The number of carbonyl (C=O) groups excluding carboxylic acids is 1. The number of hydroxylamine groups is 1. The predicted molar refractivity (Wildman–Crippen MR) is 76.9 cm³/mol. The number of nitrogens with zero attached hydrogens (tertiary/aromatic N) is 1. The molecule has 1 aromatic heterocycles. The number of hydrogen-bond acceptors (Lipinski definition) is 4. The van der Waals surface area contributed by atoms with Gasteiger partial charge in [0.25, 0.3) is 5.91 Å². The van der Waals surface area contributed by atoms with Gasteiger partial charge in [-0.2, -0.15) is 13.2 Å². The van der Waals surface area contributed by atoms with Crippen LogP contribution in [0.4, 0.5) is 17.6 Å². The van der Waals surface area contributed by atoms with Gasteiger partial charge in [-0.25, -0.2) is 14.9 Å². The van der Waals surface area contributed by atoms with Crippen LogP contribution in [0.25, 0.3) is 0 Å². The number of aromatic nitrogens is 1. The minimum atomic E-state index is -4.42. The highest BCUT2D eigenvalue weighted by Gasteiger charge is 2.64. The number of hydrogen-bond donors (Lipinski definition) is 2. The number of amides is 1. The van der Waals surface area contributed by atoms with Crippen molar-refractivity contribution in [3.05, 3.63) is 53.5 Å². The molecule has 0 spiro atoms. The summed E-state index contributed by atoms with van der Waals surface area (Å²) in [6, 6.07) is 5.67. The molecule has 0 unspecified atom stereocenters. The van der Waals surface area contributed by atoms with Gasteiger partial charge in [-0.1, -0.05) is 6.07 Å². The van der Waals surface area contributed by atoms with E-state index in [1.165, 1.54) is 23.7 Å². The third-order valence-electron chi connectivity index (χ3n) is 4.09. The lowest BCUT2D eigenvalue weighted by Crippen LogP contribution is -2.28. The zero-order valence-electron chi connectivity index (χ0n) is 12.6. The molecule has 1 aliphatic rings. The Morgan fingerprint density at radius 3 is 2.44 bits per heavy atom. The van der Waals surface area contributed by atoms with Crippen LogP contribution in [0.2, 0.25) is 0 Å². The Labute approximate surface area is 139 Å². The number of nitrogens with one attached hydrogen (secondary N) is 1. The molecule has 2 aromatic rings.